The highest BCUT2D eigenvalue weighted by Gasteiger charge is 2.14. The Bertz CT molecular complexity index is 700. The van der Waals surface area contributed by atoms with E-state index >= 15 is 0 Å². The molecule has 0 atom stereocenters. The number of imidazole rings is 1. The number of nitrogens with zero attached hydrogens (tertiary/aromatic N) is 4. The van der Waals surface area contributed by atoms with Gasteiger partial charge in [0.2, 0.25) is 0 Å². The molecule has 2 rings (SSSR count). The molecule has 0 N–H and O–H groups in total. The predicted octanol–water partition coefficient (Wildman–Crippen LogP) is 3.56. The molecule has 2 aromatic heterocycles. The molecule has 6 heteroatoms. The van der Waals surface area contributed by atoms with E-state index < -0.39 is 0 Å². The Kier molecular flexibility index (Phi) is 4.36. The second kappa shape index (κ2) is 5.86. The monoisotopic (exact) mass is 306 g/mol. The van der Waals surface area contributed by atoms with E-state index in [1.54, 1.807) is 6.20 Å². The van der Waals surface area contributed by atoms with E-state index in [0.29, 0.717) is 16.5 Å². The molecule has 0 aliphatic heterocycles. The van der Waals surface area contributed by atoms with Gasteiger partial charge in [-0.2, -0.15) is 5.26 Å². The van der Waals surface area contributed by atoms with Crippen LogP contribution in [0.5, 0.6) is 0 Å². The lowest BCUT2D eigenvalue weighted by Crippen LogP contribution is -2.01. The molecule has 0 aromatic carbocycles. The van der Waals surface area contributed by atoms with Crippen LogP contribution in [-0.4, -0.2) is 14.5 Å². The molecule has 2 heterocycles. The molecular formula is C14H15ClN4S. The zero-order valence-corrected chi connectivity index (χ0v) is 13.4. The van der Waals surface area contributed by atoms with E-state index in [-0.39, 0.29) is 0 Å². The SMILES string of the molecule is Cc1nc(SCc2ncc(Cl)n2C)c(C#N)c(C)c1C. The fraction of sp³-hybridized carbons (Fsp3) is 0.357. The summed E-state index contributed by atoms with van der Waals surface area (Å²) in [6.45, 7) is 5.92. The maximum absolute atomic E-state index is 9.33. The van der Waals surface area contributed by atoms with Crippen LogP contribution in [0, 0.1) is 32.1 Å². The van der Waals surface area contributed by atoms with Crippen LogP contribution in [-0.2, 0) is 12.8 Å². The maximum atomic E-state index is 9.33. The summed E-state index contributed by atoms with van der Waals surface area (Å²) in [6.07, 6.45) is 1.63. The summed E-state index contributed by atoms with van der Waals surface area (Å²) in [4.78, 5) is 8.77. The first kappa shape index (κ1) is 14.9. The normalized spacial score (nSPS) is 10.6. The number of nitriles is 1. The molecule has 104 valence electrons. The van der Waals surface area contributed by atoms with E-state index in [9.17, 15) is 5.26 Å². The first-order valence-corrected chi connectivity index (χ1v) is 7.48. The third-order valence-corrected chi connectivity index (χ3v) is 4.76. The van der Waals surface area contributed by atoms with Gasteiger partial charge in [-0.05, 0) is 31.9 Å². The zero-order valence-electron chi connectivity index (χ0n) is 11.9. The third-order valence-electron chi connectivity index (χ3n) is 3.44. The van der Waals surface area contributed by atoms with E-state index in [0.717, 1.165) is 27.7 Å². The zero-order chi connectivity index (χ0) is 14.9. The van der Waals surface area contributed by atoms with Crippen molar-refractivity contribution in [1.29, 1.82) is 5.26 Å². The highest BCUT2D eigenvalue weighted by Crippen LogP contribution is 2.28. The van der Waals surface area contributed by atoms with E-state index in [1.165, 1.54) is 11.8 Å². The summed E-state index contributed by atoms with van der Waals surface area (Å²) in [5.74, 6) is 1.49. The minimum absolute atomic E-state index is 0.602. The van der Waals surface area contributed by atoms with Crippen molar-refractivity contribution >= 4 is 23.4 Å². The van der Waals surface area contributed by atoms with Gasteiger partial charge in [-0.1, -0.05) is 23.4 Å². The Morgan fingerprint density at radius 3 is 2.60 bits per heavy atom. The Morgan fingerprint density at radius 1 is 1.35 bits per heavy atom. The molecular weight excluding hydrogens is 292 g/mol. The standard InChI is InChI=1S/C14H15ClN4S/c1-8-9(2)11(5-16)14(18-10(8)3)20-7-13-17-6-12(15)19(13)4/h6H,7H2,1-4H3. The average Bonchev–Trinajstić information content (AvgIpc) is 2.74. The van der Waals surface area contributed by atoms with Crippen molar-refractivity contribution in [1.82, 2.24) is 14.5 Å². The van der Waals surface area contributed by atoms with E-state index in [2.05, 4.69) is 16.0 Å². The number of pyridine rings is 1. The lowest BCUT2D eigenvalue weighted by atomic mass is 10.1. The van der Waals surface area contributed by atoms with Crippen LogP contribution in [0.1, 0.15) is 28.2 Å². The van der Waals surface area contributed by atoms with Gasteiger partial charge in [0.15, 0.2) is 0 Å². The molecule has 0 unspecified atom stereocenters. The highest BCUT2D eigenvalue weighted by molar-refractivity contribution is 7.98. The molecule has 0 bridgehead atoms. The van der Waals surface area contributed by atoms with Crippen molar-refractivity contribution in [2.24, 2.45) is 7.05 Å². The number of aryl methyl sites for hydroxylation is 1. The van der Waals surface area contributed by atoms with Gasteiger partial charge in [0.1, 0.15) is 22.1 Å². The quantitative estimate of drug-likeness (QED) is 0.814. The Morgan fingerprint density at radius 2 is 2.05 bits per heavy atom. The van der Waals surface area contributed by atoms with Crippen LogP contribution < -0.4 is 0 Å². The van der Waals surface area contributed by atoms with Crippen molar-refractivity contribution in [3.05, 3.63) is 39.6 Å². The molecule has 2 aromatic rings. The Hall–Kier alpha value is -1.51. The van der Waals surface area contributed by atoms with Crippen molar-refractivity contribution in [2.45, 2.75) is 31.6 Å². The number of halogens is 1. The summed E-state index contributed by atoms with van der Waals surface area (Å²) in [6, 6.07) is 2.25. The van der Waals surface area contributed by atoms with Crippen LogP contribution >= 0.6 is 23.4 Å². The van der Waals surface area contributed by atoms with Gasteiger partial charge in [0, 0.05) is 12.7 Å². The molecule has 0 fully saturated rings. The fourth-order valence-corrected chi connectivity index (χ4v) is 3.06. The van der Waals surface area contributed by atoms with Crippen LogP contribution in [0.15, 0.2) is 11.2 Å². The van der Waals surface area contributed by atoms with Crippen LogP contribution in [0.4, 0.5) is 0 Å². The summed E-state index contributed by atoms with van der Waals surface area (Å²) < 4.78 is 1.83. The molecule has 0 amide bonds. The van der Waals surface area contributed by atoms with Crippen molar-refractivity contribution in [3.63, 3.8) is 0 Å². The average molecular weight is 307 g/mol. The van der Waals surface area contributed by atoms with E-state index in [1.807, 2.05) is 32.4 Å². The Balaban J connectivity index is 2.31. The molecule has 0 radical (unpaired) electrons. The van der Waals surface area contributed by atoms with Gasteiger partial charge < -0.3 is 4.57 Å². The molecule has 20 heavy (non-hydrogen) atoms. The second-order valence-electron chi connectivity index (χ2n) is 4.58. The van der Waals surface area contributed by atoms with Crippen LogP contribution in [0.3, 0.4) is 0 Å². The van der Waals surface area contributed by atoms with E-state index in [4.69, 9.17) is 11.6 Å². The first-order chi connectivity index (χ1) is 9.45. The highest BCUT2D eigenvalue weighted by atomic mass is 35.5. The molecule has 0 saturated heterocycles. The van der Waals surface area contributed by atoms with Gasteiger partial charge in [0.05, 0.1) is 17.5 Å². The number of rotatable bonds is 3. The minimum Gasteiger partial charge on any atom is -0.322 e. The van der Waals surface area contributed by atoms with Gasteiger partial charge in [-0.3, -0.25) is 0 Å². The van der Waals surface area contributed by atoms with Gasteiger partial charge in [0.25, 0.3) is 0 Å². The Labute approximate surface area is 127 Å². The summed E-state index contributed by atoms with van der Waals surface area (Å²) >= 11 is 7.48. The predicted molar refractivity (Wildman–Crippen MR) is 80.9 cm³/mol. The van der Waals surface area contributed by atoms with Gasteiger partial charge in [-0.25, -0.2) is 9.97 Å². The molecule has 0 saturated carbocycles. The maximum Gasteiger partial charge on any atom is 0.128 e. The molecule has 0 aliphatic rings. The fourth-order valence-electron chi connectivity index (χ4n) is 1.84. The minimum atomic E-state index is 0.602. The van der Waals surface area contributed by atoms with Crippen LogP contribution in [0.2, 0.25) is 5.15 Å². The van der Waals surface area contributed by atoms with Crippen molar-refractivity contribution < 1.29 is 0 Å². The summed E-state index contributed by atoms with van der Waals surface area (Å²) in [7, 11) is 1.87. The van der Waals surface area contributed by atoms with Crippen molar-refractivity contribution in [3.8, 4) is 6.07 Å². The van der Waals surface area contributed by atoms with Gasteiger partial charge in [-0.15, -0.1) is 0 Å². The summed E-state index contributed by atoms with van der Waals surface area (Å²) in [5, 5.41) is 10.7. The van der Waals surface area contributed by atoms with Crippen LogP contribution in [0.25, 0.3) is 0 Å². The first-order valence-electron chi connectivity index (χ1n) is 6.12. The lowest BCUT2D eigenvalue weighted by Gasteiger charge is -2.11. The molecule has 0 aliphatic carbocycles. The number of hydrogen-bond acceptors (Lipinski definition) is 4. The largest absolute Gasteiger partial charge is 0.322 e. The molecule has 0 spiro atoms. The topological polar surface area (TPSA) is 54.5 Å². The second-order valence-corrected chi connectivity index (χ2v) is 5.94. The number of thioether (sulfide) groups is 1. The number of hydrogen-bond donors (Lipinski definition) is 0. The molecule has 4 nitrogen and oxygen atoms in total. The summed E-state index contributed by atoms with van der Waals surface area (Å²) in [5.41, 5.74) is 3.69. The van der Waals surface area contributed by atoms with Gasteiger partial charge >= 0.3 is 0 Å². The van der Waals surface area contributed by atoms with Crippen molar-refractivity contribution in [2.75, 3.05) is 0 Å². The third kappa shape index (κ3) is 2.67. The lowest BCUT2D eigenvalue weighted by molar-refractivity contribution is 0.849. The number of aromatic nitrogens is 3. The smallest absolute Gasteiger partial charge is 0.128 e.